The SMILES string of the molecule is C.CNO.[3H]C.[C-]#[N+]C1=C[C@]2(C)c3nc(-c4ccccc4)ncc3CC[C@H]2[C@H](CC)C1=O.[C-]#[N+]C1C[C@]2(C)c3nc(-c4ccccc4)ncc3CC[C@H]2[C@H](CC)C1=O. The van der Waals surface area contributed by atoms with Crippen LogP contribution in [0.2, 0.25) is 0 Å². The van der Waals surface area contributed by atoms with Gasteiger partial charge in [0.2, 0.25) is 11.5 Å². The van der Waals surface area contributed by atoms with Crippen molar-refractivity contribution in [1.29, 1.82) is 0 Å². The quantitative estimate of drug-likeness (QED) is 0.155. The Bertz CT molecular complexity index is 2170. The number of aromatic nitrogens is 4. The molecule has 0 radical (unpaired) electrons. The van der Waals surface area contributed by atoms with Gasteiger partial charge in [0, 0.05) is 61.0 Å². The maximum Gasteiger partial charge on any atom is 0.282 e. The molecule has 10 heteroatoms. The van der Waals surface area contributed by atoms with Crippen LogP contribution in [0.4, 0.5) is 0 Å². The number of hydrogen-bond donors (Lipinski definition) is 2. The molecule has 7 atom stereocenters. The van der Waals surface area contributed by atoms with Crippen LogP contribution < -0.4 is 5.48 Å². The van der Waals surface area contributed by atoms with Crippen molar-refractivity contribution in [3.8, 4) is 22.8 Å². The number of ketones is 2. The minimum atomic E-state index is -0.540. The fourth-order valence-corrected chi connectivity index (χ4v) is 9.70. The summed E-state index contributed by atoms with van der Waals surface area (Å²) in [6.45, 7) is 23.4. The van der Waals surface area contributed by atoms with Crippen molar-refractivity contribution in [3.05, 3.63) is 130 Å². The number of aryl methyl sites for hydroxylation is 2. The molecule has 2 N–H and O–H groups in total. The summed E-state index contributed by atoms with van der Waals surface area (Å²) >= 11 is 0. The van der Waals surface area contributed by atoms with Gasteiger partial charge in [-0.3, -0.25) is 4.79 Å². The van der Waals surface area contributed by atoms with Crippen LogP contribution in [0, 0.1) is 36.8 Å². The van der Waals surface area contributed by atoms with Crippen molar-refractivity contribution < 1.29 is 16.2 Å². The standard InChI is InChI=1S/C22H23N3O.C22H21N3O.CH5NO.2CH4/c2*1-4-16-17-11-10-15-13-24-21(14-8-6-5-7-9-14)25-20(15)22(17,2)12-18(23-3)19(16)26;1-2-3;;/h5-9,13,16-18H,4,10-12H2,1-2H3;5-9,12-13,16-17H,4,10-11H2,1-2H3;2-3H,1H3;2*1H4/t16-,17-,18?,22-;16-,17-,22-;;;/m00.../s1/i;;;1T;. The smallest absolute Gasteiger partial charge is 0.282 e. The van der Waals surface area contributed by atoms with Crippen molar-refractivity contribution >= 4 is 11.6 Å². The highest BCUT2D eigenvalue weighted by Gasteiger charge is 2.56. The molecule has 57 heavy (non-hydrogen) atoms. The molecular weight excluding hydrogens is 711 g/mol. The van der Waals surface area contributed by atoms with Crippen LogP contribution in [-0.2, 0) is 33.3 Å². The maximum absolute atomic E-state index is 12.7. The molecule has 2 aromatic heterocycles. The summed E-state index contributed by atoms with van der Waals surface area (Å²) in [5, 5.41) is 7.32. The van der Waals surface area contributed by atoms with Gasteiger partial charge in [0.15, 0.2) is 17.4 Å². The number of allylic oxidation sites excluding steroid dienone is 2. The van der Waals surface area contributed by atoms with Crippen LogP contribution in [0.3, 0.4) is 0 Å². The van der Waals surface area contributed by atoms with E-state index >= 15 is 0 Å². The zero-order valence-electron chi connectivity index (χ0n) is 34.3. The average Bonchev–Trinajstić information content (AvgIpc) is 3.25. The number of carbonyl (C=O) groups is 2. The predicted molar refractivity (Wildman–Crippen MR) is 225 cm³/mol. The highest BCUT2D eigenvalue weighted by Crippen LogP contribution is 2.53. The van der Waals surface area contributed by atoms with Crippen LogP contribution in [0.1, 0.15) is 98.5 Å². The van der Waals surface area contributed by atoms with Crippen molar-refractivity contribution in [1.82, 2.24) is 25.4 Å². The van der Waals surface area contributed by atoms with Gasteiger partial charge in [-0.25, -0.2) is 36.8 Å². The summed E-state index contributed by atoms with van der Waals surface area (Å²) in [5.41, 5.74) is 7.72. The Labute approximate surface area is 340 Å². The summed E-state index contributed by atoms with van der Waals surface area (Å²) in [5.74, 6) is 1.91. The van der Waals surface area contributed by atoms with Crippen LogP contribution in [0.15, 0.2) is 84.8 Å². The number of hydrogen-bond acceptors (Lipinski definition) is 8. The lowest BCUT2D eigenvalue weighted by molar-refractivity contribution is -0.130. The van der Waals surface area contributed by atoms with Crippen molar-refractivity contribution in [2.45, 2.75) is 104 Å². The maximum atomic E-state index is 12.7. The third-order valence-corrected chi connectivity index (χ3v) is 12.3. The molecule has 0 amide bonds. The second kappa shape index (κ2) is 18.7. The first-order valence-corrected chi connectivity index (χ1v) is 19.3. The molecule has 2 aromatic carbocycles. The van der Waals surface area contributed by atoms with Gasteiger partial charge >= 0.3 is 0 Å². The molecule has 10 nitrogen and oxygen atoms in total. The minimum absolute atomic E-state index is 0. The lowest BCUT2D eigenvalue weighted by Crippen LogP contribution is -2.52. The van der Waals surface area contributed by atoms with Crippen LogP contribution in [0.5, 0.6) is 0 Å². The first kappa shape index (κ1) is 42.7. The van der Waals surface area contributed by atoms with E-state index in [0.29, 0.717) is 12.2 Å². The van der Waals surface area contributed by atoms with E-state index in [4.69, 9.17) is 29.7 Å². The van der Waals surface area contributed by atoms with E-state index in [1.165, 1.54) is 20.0 Å². The highest BCUT2D eigenvalue weighted by molar-refractivity contribution is 6.00. The van der Waals surface area contributed by atoms with E-state index in [1.807, 2.05) is 86.1 Å². The van der Waals surface area contributed by atoms with Crippen molar-refractivity contribution in [2.24, 2.45) is 23.7 Å². The van der Waals surface area contributed by atoms with Gasteiger partial charge in [0.1, 0.15) is 0 Å². The normalized spacial score (nSPS) is 26.6. The molecule has 4 aliphatic rings. The van der Waals surface area contributed by atoms with Gasteiger partial charge in [-0.2, -0.15) is 0 Å². The Morgan fingerprint density at radius 3 is 1.81 bits per heavy atom. The summed E-state index contributed by atoms with van der Waals surface area (Å²) in [7, 11) is 2.68. The molecule has 4 aliphatic carbocycles. The van der Waals surface area contributed by atoms with E-state index in [1.54, 1.807) is 5.48 Å². The molecule has 1 unspecified atom stereocenters. The molecule has 2 heterocycles. The first-order chi connectivity index (χ1) is 27.6. The number of fused-ring (bicyclic) bond motifs is 6. The monoisotopic (exact) mass is 769 g/mol. The number of benzene rings is 2. The number of nitrogens with zero attached hydrogens (tertiary/aromatic N) is 6. The average molecular weight is 770 g/mol. The van der Waals surface area contributed by atoms with Crippen molar-refractivity contribution in [3.63, 3.8) is 0 Å². The molecule has 298 valence electrons. The van der Waals surface area contributed by atoms with Crippen LogP contribution in [0.25, 0.3) is 32.5 Å². The zero-order chi connectivity index (χ0) is 41.3. The third-order valence-electron chi connectivity index (χ3n) is 12.3. The van der Waals surface area contributed by atoms with E-state index in [9.17, 15) is 9.59 Å². The zero-order valence-corrected chi connectivity index (χ0v) is 33.3. The van der Waals surface area contributed by atoms with Gasteiger partial charge in [-0.05, 0) is 61.5 Å². The first-order valence-electron chi connectivity index (χ1n) is 20.3. The fraction of sp³-hybridized carbons (Fsp3) is 0.447. The number of rotatable bonds is 4. The second-order valence-electron chi connectivity index (χ2n) is 15.4. The summed E-state index contributed by atoms with van der Waals surface area (Å²) < 4.78 is 5.75. The van der Waals surface area contributed by atoms with Crippen LogP contribution >= 0.6 is 0 Å². The molecule has 0 bridgehead atoms. The number of hydroxylamine groups is 1. The van der Waals surface area contributed by atoms with E-state index in [-0.39, 0.29) is 53.8 Å². The number of nitrogens with one attached hydrogen (secondary N) is 1. The van der Waals surface area contributed by atoms with Gasteiger partial charge in [-0.1, -0.05) is 109 Å². The lowest BCUT2D eigenvalue weighted by Gasteiger charge is -2.48. The molecule has 8 rings (SSSR count). The molecule has 4 aromatic rings. The minimum Gasteiger partial charge on any atom is -0.317 e. The largest absolute Gasteiger partial charge is 0.317 e. The van der Waals surface area contributed by atoms with Gasteiger partial charge in [-0.15, -0.1) is 0 Å². The molecule has 0 spiro atoms. The summed E-state index contributed by atoms with van der Waals surface area (Å²) in [6, 6.07) is 19.4. The molecule has 1 saturated carbocycles. The van der Waals surface area contributed by atoms with E-state index in [2.05, 4.69) is 40.4 Å². The van der Waals surface area contributed by atoms with Gasteiger partial charge in [0.25, 0.3) is 6.04 Å². The highest BCUT2D eigenvalue weighted by atomic mass is 16.5. The third kappa shape index (κ3) is 8.21. The Morgan fingerprint density at radius 1 is 0.825 bits per heavy atom. The Kier molecular flexibility index (Phi) is 14.0. The number of Topliss-reactive ketones (excluding diaryl/α,β-unsaturated/α-hetero) is 2. The topological polar surface area (TPSA) is 127 Å². The van der Waals surface area contributed by atoms with Crippen molar-refractivity contribution in [2.75, 3.05) is 7.05 Å². The predicted octanol–water partition coefficient (Wildman–Crippen LogP) is 9.49. The second-order valence-corrected chi connectivity index (χ2v) is 15.4. The fourth-order valence-electron chi connectivity index (χ4n) is 9.70. The Morgan fingerprint density at radius 2 is 1.32 bits per heavy atom. The molecule has 0 saturated heterocycles. The molecular formula is C47H57N7O3. The molecule has 1 fully saturated rings. The van der Waals surface area contributed by atoms with Gasteiger partial charge < -0.3 is 14.8 Å². The Balaban J connectivity index is 0.000000228. The molecule has 0 aliphatic heterocycles. The lowest BCUT2D eigenvalue weighted by atomic mass is 9.54. The Hall–Kier alpha value is -5.42. The van der Waals surface area contributed by atoms with E-state index < -0.39 is 11.5 Å². The summed E-state index contributed by atoms with van der Waals surface area (Å²) in [4.78, 5) is 51.7. The number of carbonyl (C=O) groups excluding carboxylic acids is 2. The summed E-state index contributed by atoms with van der Waals surface area (Å²) in [6.07, 6.45) is 11.6. The van der Waals surface area contributed by atoms with Gasteiger partial charge in [0.05, 0.1) is 18.0 Å². The van der Waals surface area contributed by atoms with Crippen LogP contribution in [-0.4, -0.2) is 49.8 Å². The van der Waals surface area contributed by atoms with E-state index in [0.717, 1.165) is 72.4 Å².